The topological polar surface area (TPSA) is 117 Å². The van der Waals surface area contributed by atoms with Crippen LogP contribution in [-0.4, -0.2) is 50.6 Å². The fraction of sp³-hybridized carbons (Fsp3) is 0.391. The fourth-order valence-electron chi connectivity index (χ4n) is 4.49. The zero-order chi connectivity index (χ0) is 23.7. The minimum absolute atomic E-state index is 0.0649. The molecule has 174 valence electrons. The summed E-state index contributed by atoms with van der Waals surface area (Å²) in [5, 5.41) is 17.5. The number of amides is 1. The van der Waals surface area contributed by atoms with Gasteiger partial charge in [-0.25, -0.2) is 9.97 Å². The number of hydrogen-bond donors (Lipinski definition) is 1. The van der Waals surface area contributed by atoms with Gasteiger partial charge in [0.05, 0.1) is 35.4 Å². The molecule has 1 aliphatic rings. The Kier molecular flexibility index (Phi) is 6.26. The molecule has 5 rings (SSSR count). The highest BCUT2D eigenvalue weighted by Crippen LogP contribution is 2.42. The number of aromatic nitrogens is 4. The van der Waals surface area contributed by atoms with Crippen molar-refractivity contribution < 1.29 is 9.53 Å². The summed E-state index contributed by atoms with van der Waals surface area (Å²) in [4.78, 5) is 26.1. The van der Waals surface area contributed by atoms with Crippen molar-refractivity contribution in [2.45, 2.75) is 32.6 Å². The van der Waals surface area contributed by atoms with Gasteiger partial charge >= 0.3 is 0 Å². The first-order valence-electron chi connectivity index (χ1n) is 11.1. The average Bonchev–Trinajstić information content (AvgIpc) is 3.47. The van der Waals surface area contributed by atoms with Crippen molar-refractivity contribution in [1.29, 1.82) is 5.26 Å². The van der Waals surface area contributed by atoms with Gasteiger partial charge in [0.25, 0.3) is 0 Å². The summed E-state index contributed by atoms with van der Waals surface area (Å²) in [6.45, 7) is 3.07. The SMILES string of the molecule is CCN(CCC#N)C(=O)[C@H]1CCc2c(sc3ncnc(Nc4cc5snnc5cc4OC)c23)C1. The van der Waals surface area contributed by atoms with Crippen molar-refractivity contribution in [3.63, 3.8) is 0 Å². The molecule has 11 heteroatoms. The number of nitrogens with zero attached hydrogens (tertiary/aromatic N) is 6. The molecule has 4 aromatic rings. The first-order valence-corrected chi connectivity index (χ1v) is 12.7. The first-order chi connectivity index (χ1) is 16.6. The number of carbonyl (C=O) groups is 1. The predicted octanol–water partition coefficient (Wildman–Crippen LogP) is 4.32. The molecule has 1 amide bonds. The number of ether oxygens (including phenoxy) is 1. The second kappa shape index (κ2) is 9.48. The summed E-state index contributed by atoms with van der Waals surface area (Å²) >= 11 is 2.96. The van der Waals surface area contributed by atoms with E-state index < -0.39 is 0 Å². The van der Waals surface area contributed by atoms with E-state index in [1.54, 1.807) is 29.7 Å². The minimum atomic E-state index is -0.0649. The van der Waals surface area contributed by atoms with Crippen LogP contribution in [-0.2, 0) is 17.6 Å². The maximum absolute atomic E-state index is 13.1. The zero-order valence-corrected chi connectivity index (χ0v) is 20.5. The van der Waals surface area contributed by atoms with Gasteiger partial charge in [0.15, 0.2) is 0 Å². The lowest BCUT2D eigenvalue weighted by molar-refractivity contribution is -0.135. The van der Waals surface area contributed by atoms with E-state index in [-0.39, 0.29) is 11.8 Å². The highest BCUT2D eigenvalue weighted by atomic mass is 32.1. The van der Waals surface area contributed by atoms with Gasteiger partial charge in [-0.2, -0.15) is 5.26 Å². The van der Waals surface area contributed by atoms with Gasteiger partial charge < -0.3 is 15.0 Å². The second-order valence-corrected chi connectivity index (χ2v) is 9.96. The molecular weight excluding hydrogens is 470 g/mol. The quantitative estimate of drug-likeness (QED) is 0.405. The number of nitrogens with one attached hydrogen (secondary N) is 1. The Balaban J connectivity index is 1.46. The molecule has 0 radical (unpaired) electrons. The van der Waals surface area contributed by atoms with Crippen LogP contribution in [0.2, 0.25) is 0 Å². The zero-order valence-electron chi connectivity index (χ0n) is 18.9. The van der Waals surface area contributed by atoms with Gasteiger partial charge in [-0.15, -0.1) is 16.4 Å². The van der Waals surface area contributed by atoms with Gasteiger partial charge in [-0.3, -0.25) is 4.79 Å². The summed E-state index contributed by atoms with van der Waals surface area (Å²) in [6.07, 6.45) is 4.18. The highest BCUT2D eigenvalue weighted by Gasteiger charge is 2.31. The number of hydrogen-bond acceptors (Lipinski definition) is 10. The Hall–Kier alpha value is -3.36. The van der Waals surface area contributed by atoms with Gasteiger partial charge in [0, 0.05) is 30.0 Å². The van der Waals surface area contributed by atoms with Crippen LogP contribution in [0.5, 0.6) is 5.75 Å². The lowest BCUT2D eigenvalue weighted by atomic mass is 9.86. The molecule has 1 atom stereocenters. The van der Waals surface area contributed by atoms with Crippen LogP contribution in [0.4, 0.5) is 11.5 Å². The average molecular weight is 494 g/mol. The van der Waals surface area contributed by atoms with E-state index in [1.165, 1.54) is 22.0 Å². The van der Waals surface area contributed by atoms with Crippen LogP contribution < -0.4 is 10.1 Å². The first kappa shape index (κ1) is 22.4. The van der Waals surface area contributed by atoms with Gasteiger partial charge in [-0.05, 0) is 49.3 Å². The van der Waals surface area contributed by atoms with Crippen molar-refractivity contribution in [2.24, 2.45) is 5.92 Å². The molecule has 3 aromatic heterocycles. The van der Waals surface area contributed by atoms with E-state index in [1.807, 2.05) is 19.1 Å². The molecule has 1 N–H and O–H groups in total. The third-order valence-corrected chi connectivity index (χ3v) is 8.05. The predicted molar refractivity (Wildman–Crippen MR) is 133 cm³/mol. The van der Waals surface area contributed by atoms with Crippen molar-refractivity contribution in [2.75, 3.05) is 25.5 Å². The molecule has 1 aliphatic carbocycles. The third-order valence-electron chi connectivity index (χ3n) is 6.20. The molecule has 3 heterocycles. The van der Waals surface area contributed by atoms with Crippen LogP contribution >= 0.6 is 22.9 Å². The molecule has 1 aromatic carbocycles. The largest absolute Gasteiger partial charge is 0.494 e. The van der Waals surface area contributed by atoms with Crippen LogP contribution in [0, 0.1) is 17.2 Å². The molecule has 0 spiro atoms. The number of benzene rings is 1. The van der Waals surface area contributed by atoms with E-state index >= 15 is 0 Å². The lowest BCUT2D eigenvalue weighted by Crippen LogP contribution is -2.38. The molecule has 0 saturated carbocycles. The number of thiophene rings is 1. The van der Waals surface area contributed by atoms with Gasteiger partial charge in [0.1, 0.15) is 28.2 Å². The maximum Gasteiger partial charge on any atom is 0.226 e. The Morgan fingerprint density at radius 3 is 3.06 bits per heavy atom. The van der Waals surface area contributed by atoms with Crippen molar-refractivity contribution >= 4 is 60.7 Å². The van der Waals surface area contributed by atoms with E-state index in [4.69, 9.17) is 10.00 Å². The molecule has 0 fully saturated rings. The Morgan fingerprint density at radius 2 is 2.26 bits per heavy atom. The normalized spacial score (nSPS) is 15.1. The van der Waals surface area contributed by atoms with E-state index in [0.29, 0.717) is 31.7 Å². The standard InChI is InChI=1S/C23H23N7O2S2/c1-3-30(8-4-7-24)23(31)13-5-6-14-18(9-13)33-22-20(14)21(25-12-26-22)27-15-11-19-16(28-29-34-19)10-17(15)32-2/h10-13H,3-6,8-9H2,1-2H3,(H,25,26,27)/t13-/m0/s1. The van der Waals surface area contributed by atoms with Crippen molar-refractivity contribution in [3.05, 3.63) is 28.9 Å². The molecule has 0 unspecified atom stereocenters. The van der Waals surface area contributed by atoms with Crippen LogP contribution in [0.3, 0.4) is 0 Å². The van der Waals surface area contributed by atoms with Gasteiger partial charge in [0.2, 0.25) is 5.91 Å². The summed E-state index contributed by atoms with van der Waals surface area (Å²) in [6, 6.07) is 5.98. The Morgan fingerprint density at radius 1 is 1.38 bits per heavy atom. The Bertz CT molecular complexity index is 1410. The molecule has 0 aliphatic heterocycles. The fourth-order valence-corrected chi connectivity index (χ4v) is 6.33. The summed E-state index contributed by atoms with van der Waals surface area (Å²) in [5.41, 5.74) is 2.80. The van der Waals surface area contributed by atoms with Gasteiger partial charge in [-0.1, -0.05) is 4.49 Å². The number of carbonyl (C=O) groups excluding carboxylic acids is 1. The third kappa shape index (κ3) is 4.03. The van der Waals surface area contributed by atoms with Crippen LogP contribution in [0.1, 0.15) is 30.2 Å². The van der Waals surface area contributed by atoms with E-state index in [0.717, 1.165) is 44.8 Å². The number of nitriles is 1. The highest BCUT2D eigenvalue weighted by molar-refractivity contribution is 7.19. The minimum Gasteiger partial charge on any atom is -0.494 e. The summed E-state index contributed by atoms with van der Waals surface area (Å²) in [5.74, 6) is 1.47. The van der Waals surface area contributed by atoms with E-state index in [9.17, 15) is 4.79 Å². The lowest BCUT2D eigenvalue weighted by Gasteiger charge is -2.28. The van der Waals surface area contributed by atoms with E-state index in [2.05, 4.69) is 30.9 Å². The monoisotopic (exact) mass is 493 g/mol. The number of aryl methyl sites for hydroxylation is 1. The molecule has 34 heavy (non-hydrogen) atoms. The summed E-state index contributed by atoms with van der Waals surface area (Å²) in [7, 11) is 1.63. The van der Waals surface area contributed by atoms with Crippen LogP contribution in [0.25, 0.3) is 20.4 Å². The van der Waals surface area contributed by atoms with Crippen molar-refractivity contribution in [3.8, 4) is 11.8 Å². The number of fused-ring (bicyclic) bond motifs is 4. The smallest absolute Gasteiger partial charge is 0.226 e. The molecule has 9 nitrogen and oxygen atoms in total. The van der Waals surface area contributed by atoms with Crippen molar-refractivity contribution in [1.82, 2.24) is 24.5 Å². The number of rotatable bonds is 7. The molecule has 0 bridgehead atoms. The maximum atomic E-state index is 13.1. The second-order valence-electron chi connectivity index (χ2n) is 8.09. The Labute approximate surface area is 204 Å². The number of methoxy groups -OCH3 is 1. The molecular formula is C23H23N7O2S2. The number of anilines is 2. The van der Waals surface area contributed by atoms with Crippen LogP contribution in [0.15, 0.2) is 18.5 Å². The summed E-state index contributed by atoms with van der Waals surface area (Å²) < 4.78 is 10.5. The molecule has 0 saturated heterocycles.